The van der Waals surface area contributed by atoms with E-state index in [2.05, 4.69) is 11.9 Å². The summed E-state index contributed by atoms with van der Waals surface area (Å²) in [6, 6.07) is 8.04. The molecule has 0 saturated carbocycles. The monoisotopic (exact) mass is 510 g/mol. The number of halogens is 3. The third-order valence-electron chi connectivity index (χ3n) is 6.55. The molecule has 0 amide bonds. The molecule has 0 bridgehead atoms. The number of Topliss-reactive ketones (excluding diaryl/α,β-unsaturated/α-hetero) is 1. The molecule has 1 aliphatic heterocycles. The molecule has 0 spiro atoms. The maximum absolute atomic E-state index is 13.3. The van der Waals surface area contributed by atoms with Gasteiger partial charge in [0, 0.05) is 32.2 Å². The fraction of sp³-hybridized carbons (Fsp3) is 0.538. The summed E-state index contributed by atoms with van der Waals surface area (Å²) in [7, 11) is -3.05. The number of aromatic nitrogens is 1. The maximum Gasteiger partial charge on any atom is 0.433 e. The number of rotatable bonds is 9. The van der Waals surface area contributed by atoms with Crippen LogP contribution in [0, 0.1) is 12.8 Å². The Morgan fingerprint density at radius 2 is 1.74 bits per heavy atom. The van der Waals surface area contributed by atoms with Crippen molar-refractivity contribution in [3.8, 4) is 0 Å². The van der Waals surface area contributed by atoms with Gasteiger partial charge in [0.05, 0.1) is 5.75 Å². The topological polar surface area (TPSA) is 67.3 Å². The number of carbonyl (C=O) groups excluding carboxylic acids is 1. The first-order valence-corrected chi connectivity index (χ1v) is 14.0. The number of pyridine rings is 1. The number of anilines is 1. The molecule has 5 nitrogen and oxygen atoms in total. The fourth-order valence-corrected chi connectivity index (χ4v) is 4.95. The van der Waals surface area contributed by atoms with Gasteiger partial charge in [0.1, 0.15) is 27.1 Å². The summed E-state index contributed by atoms with van der Waals surface area (Å²) < 4.78 is 62.7. The Kier molecular flexibility index (Phi) is 8.62. The van der Waals surface area contributed by atoms with Crippen molar-refractivity contribution in [2.24, 2.45) is 5.92 Å². The van der Waals surface area contributed by atoms with E-state index in [9.17, 15) is 26.4 Å². The van der Waals surface area contributed by atoms with E-state index in [1.54, 1.807) is 0 Å². The molecule has 1 fully saturated rings. The zero-order chi connectivity index (χ0) is 25.8. The predicted octanol–water partition coefficient (Wildman–Crippen LogP) is 4.98. The number of sulfone groups is 1. The lowest BCUT2D eigenvalue weighted by atomic mass is 9.97. The van der Waals surface area contributed by atoms with E-state index in [4.69, 9.17) is 0 Å². The van der Waals surface area contributed by atoms with Gasteiger partial charge in [0.25, 0.3) is 0 Å². The second kappa shape index (κ2) is 11.1. The van der Waals surface area contributed by atoms with Crippen LogP contribution in [0.4, 0.5) is 19.0 Å². The van der Waals surface area contributed by atoms with E-state index in [-0.39, 0.29) is 24.4 Å². The molecule has 1 aromatic carbocycles. The van der Waals surface area contributed by atoms with Gasteiger partial charge in [-0.1, -0.05) is 31.2 Å². The van der Waals surface area contributed by atoms with Crippen LogP contribution in [0.5, 0.6) is 0 Å². The van der Waals surface area contributed by atoms with E-state index in [0.717, 1.165) is 35.6 Å². The van der Waals surface area contributed by atoms with Crippen molar-refractivity contribution in [1.29, 1.82) is 0 Å². The largest absolute Gasteiger partial charge is 0.433 e. The lowest BCUT2D eigenvalue weighted by Crippen LogP contribution is -2.34. The Hall–Kier alpha value is -2.42. The van der Waals surface area contributed by atoms with Gasteiger partial charge >= 0.3 is 6.18 Å². The van der Waals surface area contributed by atoms with Gasteiger partial charge in [-0.3, -0.25) is 4.79 Å². The molecule has 0 unspecified atom stereocenters. The van der Waals surface area contributed by atoms with E-state index < -0.39 is 21.7 Å². The molecule has 0 radical (unpaired) electrons. The predicted molar refractivity (Wildman–Crippen MR) is 131 cm³/mol. The van der Waals surface area contributed by atoms with E-state index in [1.165, 1.54) is 12.3 Å². The lowest BCUT2D eigenvalue weighted by molar-refractivity contribution is -0.141. The standard InChI is InChI=1S/C26H33F3N2O3S/c1-18-10-13-31(14-11-18)25-22(7-9-24(30-25)26(27,28)29)6-8-23(32)17-20-4-5-21(19(2)16-20)12-15-35(3,33)34/h4-5,7,9,16,18H,6,8,10-15,17H2,1-3H3. The molecular weight excluding hydrogens is 477 g/mol. The molecule has 1 aromatic heterocycles. The quantitative estimate of drug-likeness (QED) is 0.476. The Bertz CT molecular complexity index is 1150. The minimum absolute atomic E-state index is 0.00796. The van der Waals surface area contributed by atoms with Crippen LogP contribution < -0.4 is 4.90 Å². The first-order chi connectivity index (χ1) is 16.3. The average Bonchev–Trinajstić information content (AvgIpc) is 2.76. The van der Waals surface area contributed by atoms with Crippen molar-refractivity contribution >= 4 is 21.4 Å². The summed E-state index contributed by atoms with van der Waals surface area (Å²) in [6.07, 6.45) is -0.326. The molecule has 2 aromatic rings. The first-order valence-electron chi connectivity index (χ1n) is 11.9. The van der Waals surface area contributed by atoms with Gasteiger partial charge in [-0.2, -0.15) is 13.2 Å². The molecule has 3 rings (SSSR count). The van der Waals surface area contributed by atoms with Crippen LogP contribution >= 0.6 is 0 Å². The Balaban J connectivity index is 1.67. The van der Waals surface area contributed by atoms with E-state index in [1.807, 2.05) is 30.0 Å². The average molecular weight is 511 g/mol. The second-order valence-electron chi connectivity index (χ2n) is 9.70. The Morgan fingerprint density at radius 1 is 1.09 bits per heavy atom. The highest BCUT2D eigenvalue weighted by molar-refractivity contribution is 7.90. The highest BCUT2D eigenvalue weighted by Crippen LogP contribution is 2.32. The van der Waals surface area contributed by atoms with Crippen LogP contribution in [0.15, 0.2) is 30.3 Å². The van der Waals surface area contributed by atoms with Crippen molar-refractivity contribution < 1.29 is 26.4 Å². The maximum atomic E-state index is 13.3. The summed E-state index contributed by atoms with van der Waals surface area (Å²) in [5.74, 6) is 0.936. The smallest absolute Gasteiger partial charge is 0.356 e. The van der Waals surface area contributed by atoms with E-state index in [0.29, 0.717) is 43.2 Å². The van der Waals surface area contributed by atoms with Crippen molar-refractivity contribution in [3.63, 3.8) is 0 Å². The van der Waals surface area contributed by atoms with Gasteiger partial charge in [0.2, 0.25) is 0 Å². The molecular formula is C26H33F3N2O3S. The molecule has 0 aliphatic carbocycles. The van der Waals surface area contributed by atoms with Crippen molar-refractivity contribution in [2.45, 2.75) is 58.5 Å². The van der Waals surface area contributed by atoms with Gasteiger partial charge < -0.3 is 4.90 Å². The van der Waals surface area contributed by atoms with Crippen LogP contribution in [0.2, 0.25) is 0 Å². The normalized spacial score (nSPS) is 15.4. The number of ketones is 1. The number of piperidine rings is 1. The summed E-state index contributed by atoms with van der Waals surface area (Å²) in [6.45, 7) is 5.34. The van der Waals surface area contributed by atoms with Gasteiger partial charge in [-0.25, -0.2) is 13.4 Å². The second-order valence-corrected chi connectivity index (χ2v) is 12.0. The Morgan fingerprint density at radius 3 is 2.34 bits per heavy atom. The number of alkyl halides is 3. The summed E-state index contributed by atoms with van der Waals surface area (Å²) in [5.41, 5.74) is 2.46. The van der Waals surface area contributed by atoms with Gasteiger partial charge in [0.15, 0.2) is 0 Å². The van der Waals surface area contributed by atoms with Crippen LogP contribution in [0.25, 0.3) is 0 Å². The third kappa shape index (κ3) is 8.05. The number of hydrogen-bond acceptors (Lipinski definition) is 5. The van der Waals surface area contributed by atoms with Crippen molar-refractivity contribution in [2.75, 3.05) is 30.0 Å². The Labute approximate surface area is 205 Å². The highest BCUT2D eigenvalue weighted by Gasteiger charge is 2.34. The molecule has 0 atom stereocenters. The molecule has 192 valence electrons. The van der Waals surface area contributed by atoms with Crippen LogP contribution in [-0.2, 0) is 40.1 Å². The van der Waals surface area contributed by atoms with Crippen LogP contribution in [-0.4, -0.2) is 44.3 Å². The number of aryl methyl sites for hydroxylation is 3. The minimum Gasteiger partial charge on any atom is -0.356 e. The SMILES string of the molecule is Cc1cc(CC(=O)CCc2ccc(C(F)(F)F)nc2N2CCC(C)CC2)ccc1CCS(C)(=O)=O. The van der Waals surface area contributed by atoms with Crippen LogP contribution in [0.3, 0.4) is 0 Å². The molecule has 35 heavy (non-hydrogen) atoms. The van der Waals surface area contributed by atoms with Gasteiger partial charge in [-0.05, 0) is 66.8 Å². The van der Waals surface area contributed by atoms with Gasteiger partial charge in [-0.15, -0.1) is 0 Å². The zero-order valence-electron chi connectivity index (χ0n) is 20.5. The molecule has 0 N–H and O–H groups in total. The fourth-order valence-electron chi connectivity index (χ4n) is 4.36. The molecule has 1 aliphatic rings. The minimum atomic E-state index is -4.52. The number of hydrogen-bond donors (Lipinski definition) is 0. The number of carbonyl (C=O) groups is 1. The van der Waals surface area contributed by atoms with Crippen molar-refractivity contribution in [3.05, 3.63) is 58.3 Å². The molecule has 9 heteroatoms. The molecule has 2 heterocycles. The highest BCUT2D eigenvalue weighted by atomic mass is 32.2. The molecule has 1 saturated heterocycles. The lowest BCUT2D eigenvalue weighted by Gasteiger charge is -2.33. The summed E-state index contributed by atoms with van der Waals surface area (Å²) >= 11 is 0. The summed E-state index contributed by atoms with van der Waals surface area (Å²) in [5, 5.41) is 0. The first kappa shape index (κ1) is 27.2. The van der Waals surface area contributed by atoms with Crippen LogP contribution in [0.1, 0.15) is 54.1 Å². The number of benzene rings is 1. The van der Waals surface area contributed by atoms with Crippen molar-refractivity contribution in [1.82, 2.24) is 4.98 Å². The zero-order valence-corrected chi connectivity index (χ0v) is 21.3. The summed E-state index contributed by atoms with van der Waals surface area (Å²) in [4.78, 5) is 18.6. The number of nitrogens with zero attached hydrogens (tertiary/aromatic N) is 2. The van der Waals surface area contributed by atoms with E-state index >= 15 is 0 Å². The third-order valence-corrected chi connectivity index (χ3v) is 7.50.